The van der Waals surface area contributed by atoms with E-state index in [1.807, 2.05) is 13.8 Å². The van der Waals surface area contributed by atoms with Crippen molar-refractivity contribution in [3.05, 3.63) is 0 Å². The smallest absolute Gasteiger partial charge is 0.236 e. The van der Waals surface area contributed by atoms with Crippen molar-refractivity contribution in [1.82, 2.24) is 15.5 Å². The van der Waals surface area contributed by atoms with Gasteiger partial charge in [-0.1, -0.05) is 0 Å². The molecule has 0 aromatic carbocycles. The maximum atomic E-state index is 11.7. The molecule has 0 saturated carbocycles. The van der Waals surface area contributed by atoms with Gasteiger partial charge in [-0.25, -0.2) is 0 Å². The topological polar surface area (TPSA) is 44.4 Å². The molecule has 2 rings (SSSR count). The molecule has 0 aromatic heterocycles. The maximum absolute atomic E-state index is 11.7. The Morgan fingerprint density at radius 1 is 1.41 bits per heavy atom. The van der Waals surface area contributed by atoms with Crippen molar-refractivity contribution in [2.45, 2.75) is 57.7 Å². The molecule has 1 amide bonds. The van der Waals surface area contributed by atoms with Gasteiger partial charge in [0.1, 0.15) is 0 Å². The van der Waals surface area contributed by atoms with Crippen molar-refractivity contribution in [3.8, 4) is 0 Å². The Bertz CT molecular complexity index is 269. The number of fused-ring (bicyclic) bond motifs is 1. The van der Waals surface area contributed by atoms with Crippen LogP contribution in [0.1, 0.15) is 39.5 Å². The second-order valence-electron chi connectivity index (χ2n) is 5.34. The van der Waals surface area contributed by atoms with Gasteiger partial charge >= 0.3 is 0 Å². The lowest BCUT2D eigenvalue weighted by Gasteiger charge is -2.36. The second kappa shape index (κ2) is 5.83. The summed E-state index contributed by atoms with van der Waals surface area (Å²) in [5, 5.41) is 6.35. The van der Waals surface area contributed by atoms with Crippen LogP contribution in [-0.2, 0) is 4.79 Å². The largest absolute Gasteiger partial charge is 0.355 e. The fraction of sp³-hybridized carbons (Fsp3) is 0.923. The Hall–Kier alpha value is -0.610. The van der Waals surface area contributed by atoms with Crippen molar-refractivity contribution < 1.29 is 4.79 Å². The number of hydrogen-bond donors (Lipinski definition) is 2. The highest BCUT2D eigenvalue weighted by molar-refractivity contribution is 5.81. The Kier molecular flexibility index (Phi) is 4.40. The summed E-state index contributed by atoms with van der Waals surface area (Å²) in [5.74, 6) is 0.126. The van der Waals surface area contributed by atoms with Gasteiger partial charge in [0.15, 0.2) is 0 Å². The van der Waals surface area contributed by atoms with Crippen LogP contribution in [0.5, 0.6) is 0 Å². The molecule has 0 bridgehead atoms. The first-order valence-corrected chi connectivity index (χ1v) is 6.98. The zero-order valence-electron chi connectivity index (χ0n) is 11.0. The molecule has 0 radical (unpaired) electrons. The minimum absolute atomic E-state index is 0.0621. The summed E-state index contributed by atoms with van der Waals surface area (Å²) in [6.07, 6.45) is 5.08. The first-order chi connectivity index (χ1) is 8.20. The van der Waals surface area contributed by atoms with Crippen LogP contribution in [0.4, 0.5) is 0 Å². The highest BCUT2D eigenvalue weighted by Crippen LogP contribution is 2.26. The van der Waals surface area contributed by atoms with Crippen LogP contribution in [0, 0.1) is 0 Å². The summed E-state index contributed by atoms with van der Waals surface area (Å²) in [7, 11) is 0. The lowest BCUT2D eigenvalue weighted by molar-refractivity contribution is -0.122. The third-order valence-electron chi connectivity index (χ3n) is 4.05. The van der Waals surface area contributed by atoms with Gasteiger partial charge in [-0.2, -0.15) is 0 Å². The molecule has 3 unspecified atom stereocenters. The molecular weight excluding hydrogens is 214 g/mol. The van der Waals surface area contributed by atoms with Gasteiger partial charge in [-0.15, -0.1) is 0 Å². The minimum atomic E-state index is -0.0621. The Morgan fingerprint density at radius 3 is 3.00 bits per heavy atom. The number of likely N-dealkylation sites (N-methyl/N-ethyl adjacent to an activating group) is 1. The number of hydrogen-bond acceptors (Lipinski definition) is 3. The van der Waals surface area contributed by atoms with Crippen molar-refractivity contribution in [2.24, 2.45) is 0 Å². The van der Waals surface area contributed by atoms with Gasteiger partial charge in [0.25, 0.3) is 0 Å². The van der Waals surface area contributed by atoms with Gasteiger partial charge in [0, 0.05) is 18.6 Å². The standard InChI is InChI=1S/C13H25N3O/c1-3-14-13(17)10(2)15-11-6-8-16-7-4-5-12(16)9-11/h10-12,15H,3-9H2,1-2H3,(H,14,17). The van der Waals surface area contributed by atoms with Crippen LogP contribution in [0.15, 0.2) is 0 Å². The first-order valence-electron chi connectivity index (χ1n) is 6.98. The van der Waals surface area contributed by atoms with Gasteiger partial charge in [0.2, 0.25) is 5.91 Å². The second-order valence-corrected chi connectivity index (χ2v) is 5.34. The van der Waals surface area contributed by atoms with Gasteiger partial charge in [-0.05, 0) is 52.6 Å². The van der Waals surface area contributed by atoms with E-state index in [9.17, 15) is 4.79 Å². The molecule has 3 atom stereocenters. The summed E-state index contributed by atoms with van der Waals surface area (Å²) < 4.78 is 0. The number of carbonyl (C=O) groups excluding carboxylic acids is 1. The van der Waals surface area contributed by atoms with Crippen molar-refractivity contribution in [1.29, 1.82) is 0 Å². The molecule has 0 aliphatic carbocycles. The molecule has 2 N–H and O–H groups in total. The molecule has 2 aliphatic heterocycles. The molecule has 0 aromatic rings. The van der Waals surface area contributed by atoms with E-state index < -0.39 is 0 Å². The first kappa shape index (κ1) is 12.8. The highest BCUT2D eigenvalue weighted by atomic mass is 16.2. The fourth-order valence-electron chi connectivity index (χ4n) is 3.13. The third kappa shape index (κ3) is 3.19. The number of rotatable bonds is 4. The summed E-state index contributed by atoms with van der Waals surface area (Å²) in [6.45, 7) is 7.12. The van der Waals surface area contributed by atoms with Crippen LogP contribution in [-0.4, -0.2) is 48.6 Å². The fourth-order valence-corrected chi connectivity index (χ4v) is 3.13. The molecule has 2 aliphatic rings. The van der Waals surface area contributed by atoms with E-state index in [2.05, 4.69) is 15.5 Å². The number of carbonyl (C=O) groups is 1. The van der Waals surface area contributed by atoms with Crippen molar-refractivity contribution in [3.63, 3.8) is 0 Å². The SMILES string of the molecule is CCNC(=O)C(C)NC1CCN2CCCC2C1. The van der Waals surface area contributed by atoms with Gasteiger partial charge in [-0.3, -0.25) is 4.79 Å². The molecule has 4 heteroatoms. The van der Waals surface area contributed by atoms with E-state index in [4.69, 9.17) is 0 Å². The Morgan fingerprint density at radius 2 is 2.24 bits per heavy atom. The summed E-state index contributed by atoms with van der Waals surface area (Å²) in [6, 6.07) is 1.22. The van der Waals surface area contributed by atoms with Crippen LogP contribution >= 0.6 is 0 Å². The zero-order valence-corrected chi connectivity index (χ0v) is 11.0. The molecule has 2 saturated heterocycles. The maximum Gasteiger partial charge on any atom is 0.236 e. The van der Waals surface area contributed by atoms with Crippen molar-refractivity contribution in [2.75, 3.05) is 19.6 Å². The number of nitrogens with zero attached hydrogens (tertiary/aromatic N) is 1. The molecule has 2 fully saturated rings. The average Bonchev–Trinajstić information content (AvgIpc) is 2.76. The van der Waals surface area contributed by atoms with Crippen LogP contribution in [0.25, 0.3) is 0 Å². The number of amides is 1. The summed E-state index contributed by atoms with van der Waals surface area (Å²) in [5.41, 5.74) is 0. The molecule has 17 heavy (non-hydrogen) atoms. The number of nitrogens with one attached hydrogen (secondary N) is 2. The van der Waals surface area contributed by atoms with Gasteiger partial charge < -0.3 is 15.5 Å². The van der Waals surface area contributed by atoms with Crippen LogP contribution in [0.2, 0.25) is 0 Å². The lowest BCUT2D eigenvalue weighted by Crippen LogP contribution is -2.51. The summed E-state index contributed by atoms with van der Waals surface area (Å²) >= 11 is 0. The minimum Gasteiger partial charge on any atom is -0.355 e. The van der Waals surface area contributed by atoms with E-state index >= 15 is 0 Å². The lowest BCUT2D eigenvalue weighted by atomic mass is 9.97. The average molecular weight is 239 g/mol. The predicted octanol–water partition coefficient (Wildman–Crippen LogP) is 0.727. The van der Waals surface area contributed by atoms with E-state index in [-0.39, 0.29) is 11.9 Å². The quantitative estimate of drug-likeness (QED) is 0.760. The van der Waals surface area contributed by atoms with Crippen LogP contribution < -0.4 is 10.6 Å². The third-order valence-corrected chi connectivity index (χ3v) is 4.05. The van der Waals surface area contributed by atoms with Crippen LogP contribution in [0.3, 0.4) is 0 Å². The van der Waals surface area contributed by atoms with E-state index in [0.29, 0.717) is 12.6 Å². The Balaban J connectivity index is 1.77. The molecule has 0 spiro atoms. The molecule has 2 heterocycles. The van der Waals surface area contributed by atoms with Crippen molar-refractivity contribution >= 4 is 5.91 Å². The van der Waals surface area contributed by atoms with Gasteiger partial charge in [0.05, 0.1) is 6.04 Å². The number of piperidine rings is 1. The van der Waals surface area contributed by atoms with E-state index in [0.717, 1.165) is 6.04 Å². The zero-order chi connectivity index (χ0) is 12.3. The monoisotopic (exact) mass is 239 g/mol. The summed E-state index contributed by atoms with van der Waals surface area (Å²) in [4.78, 5) is 14.3. The molecular formula is C13H25N3O. The van der Waals surface area contributed by atoms with E-state index in [1.165, 1.54) is 38.8 Å². The van der Waals surface area contributed by atoms with E-state index in [1.54, 1.807) is 0 Å². The Labute approximate surface area is 104 Å². The normalized spacial score (nSPS) is 30.9. The molecule has 98 valence electrons. The molecule has 4 nitrogen and oxygen atoms in total. The highest BCUT2D eigenvalue weighted by Gasteiger charge is 2.32. The predicted molar refractivity (Wildman–Crippen MR) is 68.9 cm³/mol.